The van der Waals surface area contributed by atoms with Crippen LogP contribution in [0.1, 0.15) is 23.0 Å². The molecule has 0 unspecified atom stereocenters. The molecule has 1 aromatic heterocycles. The quantitative estimate of drug-likeness (QED) is 0.643. The number of carbonyl (C=O) groups excluding carboxylic acids is 1. The van der Waals surface area contributed by atoms with Crippen molar-refractivity contribution in [1.82, 2.24) is 15.1 Å². The topological polar surface area (TPSA) is 98.6 Å². The van der Waals surface area contributed by atoms with Crippen LogP contribution in [-0.4, -0.2) is 41.0 Å². The maximum absolute atomic E-state index is 11.8. The van der Waals surface area contributed by atoms with Crippen molar-refractivity contribution >= 4 is 12.2 Å². The highest BCUT2D eigenvalue weighted by Crippen LogP contribution is 2.09. The maximum Gasteiger partial charge on any atom is 0.364 e. The van der Waals surface area contributed by atoms with E-state index in [0.29, 0.717) is 0 Å². The monoisotopic (exact) mass is 290 g/mol. The van der Waals surface area contributed by atoms with Gasteiger partial charge in [0.05, 0.1) is 19.9 Å². The van der Waals surface area contributed by atoms with Crippen molar-refractivity contribution in [3.8, 4) is 5.75 Å². The van der Waals surface area contributed by atoms with Crippen molar-refractivity contribution in [3.05, 3.63) is 45.9 Å². The zero-order valence-corrected chi connectivity index (χ0v) is 11.6. The number of benzene rings is 1. The molecule has 21 heavy (non-hydrogen) atoms. The number of H-pyrrole nitrogens is 1. The summed E-state index contributed by atoms with van der Waals surface area (Å²) in [7, 11) is 1.57. The van der Waals surface area contributed by atoms with Crippen LogP contribution in [0.5, 0.6) is 5.75 Å². The number of nitrogens with one attached hydrogen (secondary N) is 1. The Hall–Kier alpha value is -2.90. The lowest BCUT2D eigenvalue weighted by Gasteiger charge is -1.98. The molecule has 0 aliphatic rings. The molecule has 0 aliphatic heterocycles. The number of hydrogen-bond donors (Lipinski definition) is 1. The van der Waals surface area contributed by atoms with E-state index in [2.05, 4.69) is 15.4 Å². The third-order valence-corrected chi connectivity index (χ3v) is 2.56. The van der Waals surface area contributed by atoms with Crippen LogP contribution in [0.15, 0.2) is 34.2 Å². The fourth-order valence-electron chi connectivity index (χ4n) is 1.52. The van der Waals surface area contributed by atoms with E-state index >= 15 is 0 Å². The Bertz CT molecular complexity index is 700. The van der Waals surface area contributed by atoms with E-state index in [1.807, 2.05) is 0 Å². The molecule has 2 rings (SSSR count). The molecule has 1 heterocycles. The van der Waals surface area contributed by atoms with Gasteiger partial charge in [-0.3, -0.25) is 4.79 Å². The van der Waals surface area contributed by atoms with Crippen LogP contribution >= 0.6 is 0 Å². The number of aromatic nitrogens is 3. The smallest absolute Gasteiger partial charge is 0.364 e. The molecular weight excluding hydrogens is 276 g/mol. The lowest BCUT2D eigenvalue weighted by Crippen LogP contribution is -2.20. The summed E-state index contributed by atoms with van der Waals surface area (Å²) < 4.78 is 9.75. The highest BCUT2D eigenvalue weighted by atomic mass is 16.5. The Morgan fingerprint density at radius 2 is 2.14 bits per heavy atom. The predicted octanol–water partition coefficient (Wildman–Crippen LogP) is 0.639. The Morgan fingerprint density at radius 3 is 2.76 bits per heavy atom. The second-order valence-corrected chi connectivity index (χ2v) is 3.92. The van der Waals surface area contributed by atoms with Gasteiger partial charge in [-0.15, -0.1) is 9.89 Å². The van der Waals surface area contributed by atoms with Gasteiger partial charge in [0, 0.05) is 0 Å². The lowest BCUT2D eigenvalue weighted by molar-refractivity contribution is 0.0517. The Balaban J connectivity index is 2.17. The summed E-state index contributed by atoms with van der Waals surface area (Å²) in [6.45, 7) is 1.81. The van der Waals surface area contributed by atoms with E-state index in [1.54, 1.807) is 38.3 Å². The molecule has 1 aromatic carbocycles. The SMILES string of the molecule is CCOC(=O)c1n[nH]n(N=Cc2ccc(OC)cc2)c1=O. The van der Waals surface area contributed by atoms with Gasteiger partial charge in [0.25, 0.3) is 0 Å². The van der Waals surface area contributed by atoms with Gasteiger partial charge < -0.3 is 9.47 Å². The maximum atomic E-state index is 11.8. The minimum Gasteiger partial charge on any atom is -0.497 e. The fraction of sp³-hybridized carbons (Fsp3) is 0.231. The number of nitrogens with zero attached hydrogens (tertiary/aromatic N) is 3. The molecule has 0 radical (unpaired) electrons. The first-order valence-electron chi connectivity index (χ1n) is 6.18. The van der Waals surface area contributed by atoms with E-state index in [-0.39, 0.29) is 12.3 Å². The molecule has 0 amide bonds. The molecule has 0 atom stereocenters. The molecular formula is C13H14N4O4. The zero-order chi connectivity index (χ0) is 15.2. The molecule has 0 aliphatic carbocycles. The van der Waals surface area contributed by atoms with E-state index in [0.717, 1.165) is 16.1 Å². The largest absolute Gasteiger partial charge is 0.497 e. The highest BCUT2D eigenvalue weighted by molar-refractivity contribution is 5.86. The van der Waals surface area contributed by atoms with E-state index in [4.69, 9.17) is 9.47 Å². The van der Waals surface area contributed by atoms with Gasteiger partial charge in [-0.05, 0) is 36.8 Å². The molecule has 0 spiro atoms. The van der Waals surface area contributed by atoms with Crippen molar-refractivity contribution in [2.24, 2.45) is 5.10 Å². The standard InChI is InChI=1S/C13H14N4O4/c1-3-21-13(19)11-12(18)17(16-15-11)14-8-9-4-6-10(20-2)7-5-9/h4-8,16H,3H2,1-2H3. The van der Waals surface area contributed by atoms with Crippen LogP contribution in [0.3, 0.4) is 0 Å². The summed E-state index contributed by atoms with van der Waals surface area (Å²) in [5.74, 6) is -0.0624. The van der Waals surface area contributed by atoms with Crippen LogP contribution < -0.4 is 10.3 Å². The number of ether oxygens (including phenoxy) is 2. The summed E-state index contributed by atoms with van der Waals surface area (Å²) >= 11 is 0. The number of carbonyl (C=O) groups is 1. The number of esters is 1. The second kappa shape index (κ2) is 6.51. The number of rotatable bonds is 5. The highest BCUT2D eigenvalue weighted by Gasteiger charge is 2.17. The van der Waals surface area contributed by atoms with Gasteiger partial charge >= 0.3 is 11.5 Å². The molecule has 8 heteroatoms. The molecule has 8 nitrogen and oxygen atoms in total. The minimum atomic E-state index is -0.780. The van der Waals surface area contributed by atoms with Crippen molar-refractivity contribution in [1.29, 1.82) is 0 Å². The van der Waals surface area contributed by atoms with E-state index < -0.39 is 11.5 Å². The van der Waals surface area contributed by atoms with Crippen LogP contribution in [0.2, 0.25) is 0 Å². The molecule has 2 aromatic rings. The van der Waals surface area contributed by atoms with E-state index in [9.17, 15) is 9.59 Å². The van der Waals surface area contributed by atoms with Gasteiger partial charge in [-0.2, -0.15) is 10.3 Å². The average Bonchev–Trinajstić information content (AvgIpc) is 2.87. The predicted molar refractivity (Wildman–Crippen MR) is 74.8 cm³/mol. The van der Waals surface area contributed by atoms with E-state index in [1.165, 1.54) is 6.21 Å². The number of hydrogen-bond acceptors (Lipinski definition) is 6. The second-order valence-electron chi connectivity index (χ2n) is 3.92. The first kappa shape index (κ1) is 14.5. The molecule has 110 valence electrons. The molecule has 0 saturated carbocycles. The Labute approximate surface area is 120 Å². The van der Waals surface area contributed by atoms with Crippen LogP contribution in [-0.2, 0) is 4.74 Å². The summed E-state index contributed by atoms with van der Waals surface area (Å²) in [5.41, 5.74) is -0.239. The first-order chi connectivity index (χ1) is 10.2. The van der Waals surface area contributed by atoms with Gasteiger partial charge in [-0.25, -0.2) is 4.79 Å². The minimum absolute atomic E-state index is 0.167. The number of aromatic amines is 1. The van der Waals surface area contributed by atoms with Crippen LogP contribution in [0.25, 0.3) is 0 Å². The summed E-state index contributed by atoms with van der Waals surface area (Å²) in [6.07, 6.45) is 1.45. The lowest BCUT2D eigenvalue weighted by atomic mass is 10.2. The third-order valence-electron chi connectivity index (χ3n) is 2.56. The molecule has 1 N–H and O–H groups in total. The van der Waals surface area contributed by atoms with Gasteiger partial charge in [0.2, 0.25) is 5.69 Å². The Kier molecular flexibility index (Phi) is 4.50. The van der Waals surface area contributed by atoms with Gasteiger partial charge in [-0.1, -0.05) is 0 Å². The molecule has 0 bridgehead atoms. The van der Waals surface area contributed by atoms with Gasteiger partial charge in [0.1, 0.15) is 5.75 Å². The Morgan fingerprint density at radius 1 is 1.43 bits per heavy atom. The first-order valence-corrected chi connectivity index (χ1v) is 6.18. The van der Waals surface area contributed by atoms with Crippen molar-refractivity contribution in [2.75, 3.05) is 13.7 Å². The summed E-state index contributed by atoms with van der Waals surface area (Å²) in [4.78, 5) is 24.1. The molecule has 0 saturated heterocycles. The van der Waals surface area contributed by atoms with Gasteiger partial charge in [0.15, 0.2) is 0 Å². The third kappa shape index (κ3) is 3.35. The summed E-state index contributed by atoms with van der Waals surface area (Å²) in [6, 6.07) is 7.08. The van der Waals surface area contributed by atoms with Crippen LogP contribution in [0, 0.1) is 0 Å². The van der Waals surface area contributed by atoms with Crippen molar-refractivity contribution in [2.45, 2.75) is 6.92 Å². The zero-order valence-electron chi connectivity index (χ0n) is 11.6. The average molecular weight is 290 g/mol. The van der Waals surface area contributed by atoms with Crippen molar-refractivity contribution < 1.29 is 14.3 Å². The fourth-order valence-corrected chi connectivity index (χ4v) is 1.52. The number of methoxy groups -OCH3 is 1. The van der Waals surface area contributed by atoms with Crippen LogP contribution in [0.4, 0.5) is 0 Å². The van der Waals surface area contributed by atoms with Crippen molar-refractivity contribution in [3.63, 3.8) is 0 Å². The summed E-state index contributed by atoms with van der Waals surface area (Å²) in [5, 5.41) is 9.84. The normalized spacial score (nSPS) is 10.8. The molecule has 0 fully saturated rings.